The first-order valence-electron chi connectivity index (χ1n) is 8.79. The number of rotatable bonds is 7. The average molecular weight is 344 g/mol. The minimum atomic E-state index is -0.0660. The largest absolute Gasteiger partial charge is 0.459 e. The number of anilines is 2. The second-order valence-electron chi connectivity index (χ2n) is 6.03. The number of hydrogen-bond acceptors (Lipinski definition) is 7. The van der Waals surface area contributed by atoms with Gasteiger partial charge in [-0.05, 0) is 18.6 Å². The highest BCUT2D eigenvalue weighted by Gasteiger charge is 2.24. The van der Waals surface area contributed by atoms with E-state index >= 15 is 0 Å². The number of unbranched alkanes of at least 4 members (excludes halogenated alkanes) is 2. The molecule has 1 fully saturated rings. The van der Waals surface area contributed by atoms with Crippen LogP contribution in [0.15, 0.2) is 29.0 Å². The zero-order chi connectivity index (χ0) is 17.5. The number of furan rings is 1. The van der Waals surface area contributed by atoms with Gasteiger partial charge in [0, 0.05) is 32.7 Å². The highest BCUT2D eigenvalue weighted by atomic mass is 16.3. The highest BCUT2D eigenvalue weighted by Crippen LogP contribution is 2.15. The molecule has 1 aliphatic heterocycles. The van der Waals surface area contributed by atoms with E-state index in [0.717, 1.165) is 18.8 Å². The molecule has 0 bridgehead atoms. The SMILES string of the molecule is CCCCCNc1nncc(N2CCN(C(=O)c3ccco3)CC2)n1. The van der Waals surface area contributed by atoms with Crippen molar-refractivity contribution in [3.63, 3.8) is 0 Å². The molecule has 1 amide bonds. The van der Waals surface area contributed by atoms with Crippen LogP contribution in [0.2, 0.25) is 0 Å². The Morgan fingerprint density at radius 3 is 2.84 bits per heavy atom. The molecule has 1 saturated heterocycles. The quantitative estimate of drug-likeness (QED) is 0.769. The summed E-state index contributed by atoms with van der Waals surface area (Å²) in [4.78, 5) is 20.8. The Morgan fingerprint density at radius 1 is 1.28 bits per heavy atom. The minimum absolute atomic E-state index is 0.0660. The summed E-state index contributed by atoms with van der Waals surface area (Å²) in [5.41, 5.74) is 0. The smallest absolute Gasteiger partial charge is 0.289 e. The van der Waals surface area contributed by atoms with Gasteiger partial charge in [-0.3, -0.25) is 4.79 Å². The van der Waals surface area contributed by atoms with Gasteiger partial charge in [-0.25, -0.2) is 0 Å². The summed E-state index contributed by atoms with van der Waals surface area (Å²) in [7, 11) is 0. The first kappa shape index (κ1) is 17.2. The number of amides is 1. The summed E-state index contributed by atoms with van der Waals surface area (Å²) in [6.45, 7) is 5.70. The molecule has 0 aromatic carbocycles. The minimum Gasteiger partial charge on any atom is -0.459 e. The fourth-order valence-electron chi connectivity index (χ4n) is 2.79. The third-order valence-electron chi connectivity index (χ3n) is 4.23. The maximum Gasteiger partial charge on any atom is 0.289 e. The van der Waals surface area contributed by atoms with Crippen LogP contribution in [0.5, 0.6) is 0 Å². The molecule has 1 N–H and O–H groups in total. The van der Waals surface area contributed by atoms with E-state index in [1.54, 1.807) is 23.2 Å². The normalized spacial score (nSPS) is 14.6. The van der Waals surface area contributed by atoms with Gasteiger partial charge in [0.15, 0.2) is 11.6 Å². The van der Waals surface area contributed by atoms with Crippen LogP contribution in [-0.2, 0) is 0 Å². The van der Waals surface area contributed by atoms with E-state index in [4.69, 9.17) is 4.42 Å². The molecule has 8 heteroatoms. The molecular formula is C17H24N6O2. The Balaban J connectivity index is 1.53. The van der Waals surface area contributed by atoms with Crippen molar-refractivity contribution in [1.82, 2.24) is 20.1 Å². The lowest BCUT2D eigenvalue weighted by Gasteiger charge is -2.34. The molecule has 0 atom stereocenters. The molecule has 0 saturated carbocycles. The van der Waals surface area contributed by atoms with Gasteiger partial charge in [0.25, 0.3) is 5.91 Å². The van der Waals surface area contributed by atoms with Crippen LogP contribution in [0.4, 0.5) is 11.8 Å². The topological polar surface area (TPSA) is 87.4 Å². The molecule has 134 valence electrons. The lowest BCUT2D eigenvalue weighted by molar-refractivity contribution is 0.0714. The first-order valence-corrected chi connectivity index (χ1v) is 8.79. The molecule has 0 spiro atoms. The molecule has 2 aromatic heterocycles. The molecule has 3 rings (SSSR count). The van der Waals surface area contributed by atoms with Crippen molar-refractivity contribution in [2.75, 3.05) is 42.9 Å². The van der Waals surface area contributed by atoms with Crippen molar-refractivity contribution < 1.29 is 9.21 Å². The van der Waals surface area contributed by atoms with Gasteiger partial charge in [-0.15, -0.1) is 5.10 Å². The zero-order valence-electron chi connectivity index (χ0n) is 14.5. The molecule has 0 unspecified atom stereocenters. The molecule has 2 aromatic rings. The van der Waals surface area contributed by atoms with Gasteiger partial charge in [0.1, 0.15) is 0 Å². The summed E-state index contributed by atoms with van der Waals surface area (Å²) in [5, 5.41) is 11.3. The van der Waals surface area contributed by atoms with Gasteiger partial charge in [-0.2, -0.15) is 10.1 Å². The third-order valence-corrected chi connectivity index (χ3v) is 4.23. The Bertz CT molecular complexity index is 668. The van der Waals surface area contributed by atoms with Crippen LogP contribution in [0.3, 0.4) is 0 Å². The molecule has 0 aliphatic carbocycles. The van der Waals surface area contributed by atoms with Crippen molar-refractivity contribution in [3.05, 3.63) is 30.4 Å². The van der Waals surface area contributed by atoms with E-state index in [2.05, 4.69) is 32.3 Å². The van der Waals surface area contributed by atoms with Crippen molar-refractivity contribution in [1.29, 1.82) is 0 Å². The van der Waals surface area contributed by atoms with Crippen LogP contribution < -0.4 is 10.2 Å². The average Bonchev–Trinajstić information content (AvgIpc) is 3.20. The van der Waals surface area contributed by atoms with Crippen molar-refractivity contribution in [2.45, 2.75) is 26.2 Å². The molecule has 25 heavy (non-hydrogen) atoms. The van der Waals surface area contributed by atoms with Crippen molar-refractivity contribution in [2.24, 2.45) is 0 Å². The Kier molecular flexibility index (Phi) is 5.81. The molecule has 8 nitrogen and oxygen atoms in total. The van der Waals surface area contributed by atoms with Crippen LogP contribution in [0, 0.1) is 0 Å². The maximum absolute atomic E-state index is 12.3. The second-order valence-corrected chi connectivity index (χ2v) is 6.03. The lowest BCUT2D eigenvalue weighted by Crippen LogP contribution is -2.49. The first-order chi connectivity index (χ1) is 12.3. The zero-order valence-corrected chi connectivity index (χ0v) is 14.5. The summed E-state index contributed by atoms with van der Waals surface area (Å²) in [6, 6.07) is 3.42. The Labute approximate surface area is 147 Å². The number of nitrogens with zero attached hydrogens (tertiary/aromatic N) is 5. The van der Waals surface area contributed by atoms with E-state index in [9.17, 15) is 4.79 Å². The second kappa shape index (κ2) is 8.46. The van der Waals surface area contributed by atoms with Gasteiger partial charge >= 0.3 is 0 Å². The van der Waals surface area contributed by atoms with Gasteiger partial charge in [0.05, 0.1) is 12.5 Å². The van der Waals surface area contributed by atoms with E-state index in [0.29, 0.717) is 37.9 Å². The lowest BCUT2D eigenvalue weighted by atomic mass is 10.2. The molecule has 3 heterocycles. The van der Waals surface area contributed by atoms with Crippen LogP contribution in [0.25, 0.3) is 0 Å². The monoisotopic (exact) mass is 344 g/mol. The fourth-order valence-corrected chi connectivity index (χ4v) is 2.79. The van der Waals surface area contributed by atoms with Crippen molar-refractivity contribution >= 4 is 17.7 Å². The molecular weight excluding hydrogens is 320 g/mol. The standard InChI is InChI=1S/C17H24N6O2/c1-2-3-4-7-18-17-20-15(13-19-21-17)22-8-10-23(11-9-22)16(24)14-6-5-12-25-14/h5-6,12-13H,2-4,7-11H2,1H3,(H,18,20,21). The van der Waals surface area contributed by atoms with E-state index in [1.807, 2.05) is 0 Å². The van der Waals surface area contributed by atoms with E-state index in [-0.39, 0.29) is 5.91 Å². The van der Waals surface area contributed by atoms with Gasteiger partial charge in [-0.1, -0.05) is 19.8 Å². The predicted molar refractivity (Wildman–Crippen MR) is 94.7 cm³/mol. The third kappa shape index (κ3) is 4.46. The maximum atomic E-state index is 12.3. The van der Waals surface area contributed by atoms with Crippen molar-refractivity contribution in [3.8, 4) is 0 Å². The molecule has 1 aliphatic rings. The predicted octanol–water partition coefficient (Wildman–Crippen LogP) is 2.03. The van der Waals surface area contributed by atoms with Gasteiger partial charge in [0.2, 0.25) is 5.95 Å². The number of hydrogen-bond donors (Lipinski definition) is 1. The molecule has 0 radical (unpaired) electrons. The summed E-state index contributed by atoms with van der Waals surface area (Å²) < 4.78 is 5.19. The number of carbonyl (C=O) groups excluding carboxylic acids is 1. The van der Waals surface area contributed by atoms with E-state index in [1.165, 1.54) is 19.1 Å². The Hall–Kier alpha value is -2.64. The number of piperazine rings is 1. The summed E-state index contributed by atoms with van der Waals surface area (Å²) in [5.74, 6) is 1.67. The van der Waals surface area contributed by atoms with Crippen LogP contribution >= 0.6 is 0 Å². The van der Waals surface area contributed by atoms with Gasteiger partial charge < -0.3 is 19.5 Å². The van der Waals surface area contributed by atoms with Crippen LogP contribution in [-0.4, -0.2) is 58.7 Å². The van der Waals surface area contributed by atoms with E-state index < -0.39 is 0 Å². The fraction of sp³-hybridized carbons (Fsp3) is 0.529. The summed E-state index contributed by atoms with van der Waals surface area (Å²) >= 11 is 0. The Morgan fingerprint density at radius 2 is 2.12 bits per heavy atom. The number of aromatic nitrogens is 3. The summed E-state index contributed by atoms with van der Waals surface area (Å²) in [6.07, 6.45) is 6.65. The number of nitrogens with one attached hydrogen (secondary N) is 1. The number of carbonyl (C=O) groups is 1. The van der Waals surface area contributed by atoms with Crippen LogP contribution in [0.1, 0.15) is 36.7 Å². The highest BCUT2D eigenvalue weighted by molar-refractivity contribution is 5.91.